The van der Waals surface area contributed by atoms with Gasteiger partial charge in [0.05, 0.1) is 6.04 Å². The number of carbonyl (C=O) groups excluding carboxylic acids is 1. The van der Waals surface area contributed by atoms with Gasteiger partial charge in [0.1, 0.15) is 0 Å². The Labute approximate surface area is 129 Å². The quantitative estimate of drug-likeness (QED) is 0.841. The van der Waals surface area contributed by atoms with Gasteiger partial charge in [-0.3, -0.25) is 9.69 Å². The summed E-state index contributed by atoms with van der Waals surface area (Å²) in [4.78, 5) is 17.0. The summed E-state index contributed by atoms with van der Waals surface area (Å²) in [5, 5.41) is 0. The highest BCUT2D eigenvalue weighted by Gasteiger charge is 2.30. The topological polar surface area (TPSA) is 49.6 Å². The fourth-order valence-electron chi connectivity index (χ4n) is 3.93. The molecule has 3 rings (SSSR count). The monoisotopic (exact) mass is 293 g/mol. The fraction of sp³-hybridized carbons (Fsp3) is 0.941. The van der Waals surface area contributed by atoms with Crippen LogP contribution in [0.5, 0.6) is 0 Å². The number of hydrogen-bond donors (Lipinski definition) is 1. The first-order valence-corrected chi connectivity index (χ1v) is 8.99. The van der Waals surface area contributed by atoms with Crippen molar-refractivity contribution < 1.29 is 4.79 Å². The minimum atomic E-state index is -0.261. The Morgan fingerprint density at radius 2 is 1.62 bits per heavy atom. The third-order valence-electron chi connectivity index (χ3n) is 5.53. The van der Waals surface area contributed by atoms with E-state index in [0.29, 0.717) is 5.92 Å². The summed E-state index contributed by atoms with van der Waals surface area (Å²) in [6.45, 7) is 5.08. The maximum absolute atomic E-state index is 12.5. The summed E-state index contributed by atoms with van der Waals surface area (Å²) in [5.41, 5.74) is 6.20. The van der Waals surface area contributed by atoms with Gasteiger partial charge < -0.3 is 10.6 Å². The molecule has 2 aliphatic carbocycles. The molecule has 1 atom stereocenters. The van der Waals surface area contributed by atoms with E-state index >= 15 is 0 Å². The van der Waals surface area contributed by atoms with Crippen LogP contribution in [0.15, 0.2) is 0 Å². The molecule has 0 aromatic heterocycles. The molecule has 0 aromatic rings. The first-order valence-electron chi connectivity index (χ1n) is 8.99. The van der Waals surface area contributed by atoms with Crippen molar-refractivity contribution in [2.24, 2.45) is 17.6 Å². The number of nitrogens with two attached hydrogens (primary N) is 1. The maximum atomic E-state index is 12.5. The maximum Gasteiger partial charge on any atom is 0.239 e. The summed E-state index contributed by atoms with van der Waals surface area (Å²) in [7, 11) is 0. The van der Waals surface area contributed by atoms with Crippen LogP contribution < -0.4 is 5.73 Å². The summed E-state index contributed by atoms with van der Waals surface area (Å²) in [6.07, 6.45) is 10.3. The molecule has 21 heavy (non-hydrogen) atoms. The fourth-order valence-corrected chi connectivity index (χ4v) is 3.93. The largest absolute Gasteiger partial charge is 0.339 e. The molecule has 0 aromatic carbocycles. The molecule has 3 fully saturated rings. The summed E-state index contributed by atoms with van der Waals surface area (Å²) in [6, 6.07) is -0.261. The minimum Gasteiger partial charge on any atom is -0.339 e. The van der Waals surface area contributed by atoms with Gasteiger partial charge in [0.25, 0.3) is 0 Å². The van der Waals surface area contributed by atoms with Crippen molar-refractivity contribution in [2.45, 2.75) is 57.4 Å². The molecule has 2 saturated carbocycles. The minimum absolute atomic E-state index is 0.201. The molecule has 1 aliphatic heterocycles. The van der Waals surface area contributed by atoms with Gasteiger partial charge in [-0.2, -0.15) is 0 Å². The van der Waals surface area contributed by atoms with Gasteiger partial charge in [0.2, 0.25) is 5.91 Å². The molecule has 4 heteroatoms. The second-order valence-corrected chi connectivity index (χ2v) is 7.42. The Bertz CT molecular complexity index is 342. The lowest BCUT2D eigenvalue weighted by Crippen LogP contribution is -2.53. The average molecular weight is 293 g/mol. The zero-order chi connectivity index (χ0) is 14.7. The molecule has 1 amide bonds. The van der Waals surface area contributed by atoms with E-state index in [0.717, 1.165) is 38.5 Å². The van der Waals surface area contributed by atoms with Gasteiger partial charge in [-0.25, -0.2) is 0 Å². The first-order chi connectivity index (χ1) is 10.2. The van der Waals surface area contributed by atoms with Crippen molar-refractivity contribution in [3.8, 4) is 0 Å². The second-order valence-electron chi connectivity index (χ2n) is 7.42. The number of piperazine rings is 1. The Morgan fingerprint density at radius 1 is 0.952 bits per heavy atom. The van der Waals surface area contributed by atoms with Crippen molar-refractivity contribution in [1.82, 2.24) is 9.80 Å². The van der Waals surface area contributed by atoms with Crippen LogP contribution in [0.1, 0.15) is 51.4 Å². The normalized spacial score (nSPS) is 26.8. The van der Waals surface area contributed by atoms with Crippen LogP contribution in [0.3, 0.4) is 0 Å². The molecule has 2 N–H and O–H groups in total. The summed E-state index contributed by atoms with van der Waals surface area (Å²) in [5.74, 6) is 1.83. The molecule has 1 saturated heterocycles. The van der Waals surface area contributed by atoms with E-state index in [1.807, 2.05) is 4.90 Å². The highest BCUT2D eigenvalue weighted by Crippen LogP contribution is 2.30. The molecule has 0 spiro atoms. The van der Waals surface area contributed by atoms with Crippen LogP contribution in [-0.4, -0.2) is 54.5 Å². The lowest BCUT2D eigenvalue weighted by Gasteiger charge is -2.36. The summed E-state index contributed by atoms with van der Waals surface area (Å²) >= 11 is 0. The molecule has 3 aliphatic rings. The van der Waals surface area contributed by atoms with E-state index in [2.05, 4.69) is 4.90 Å². The third-order valence-corrected chi connectivity index (χ3v) is 5.53. The van der Waals surface area contributed by atoms with Gasteiger partial charge in [0.15, 0.2) is 0 Å². The highest BCUT2D eigenvalue weighted by molar-refractivity contribution is 5.81. The van der Waals surface area contributed by atoms with Crippen molar-refractivity contribution >= 4 is 5.91 Å². The summed E-state index contributed by atoms with van der Waals surface area (Å²) < 4.78 is 0. The number of rotatable bonds is 5. The Kier molecular flexibility index (Phi) is 5.17. The van der Waals surface area contributed by atoms with Crippen molar-refractivity contribution in [3.05, 3.63) is 0 Å². The van der Waals surface area contributed by atoms with Crippen molar-refractivity contribution in [1.29, 1.82) is 0 Å². The van der Waals surface area contributed by atoms with Gasteiger partial charge >= 0.3 is 0 Å². The van der Waals surface area contributed by atoms with Crippen LogP contribution in [0.25, 0.3) is 0 Å². The van der Waals surface area contributed by atoms with E-state index in [9.17, 15) is 4.79 Å². The Balaban J connectivity index is 1.39. The predicted molar refractivity (Wildman–Crippen MR) is 84.9 cm³/mol. The molecule has 1 unspecified atom stereocenters. The smallest absolute Gasteiger partial charge is 0.239 e. The number of amides is 1. The van der Waals surface area contributed by atoms with E-state index in [-0.39, 0.29) is 11.9 Å². The molecule has 120 valence electrons. The van der Waals surface area contributed by atoms with Gasteiger partial charge in [0, 0.05) is 32.7 Å². The van der Waals surface area contributed by atoms with E-state index in [1.54, 1.807) is 0 Å². The van der Waals surface area contributed by atoms with E-state index in [4.69, 9.17) is 5.73 Å². The highest BCUT2D eigenvalue weighted by atomic mass is 16.2. The SMILES string of the molecule is NC(CC1CCCCC1)C(=O)N1CCN(CC2CC2)CC1. The van der Waals surface area contributed by atoms with Crippen LogP contribution in [0.2, 0.25) is 0 Å². The number of nitrogens with zero attached hydrogens (tertiary/aromatic N) is 2. The van der Waals surface area contributed by atoms with Gasteiger partial charge in [-0.15, -0.1) is 0 Å². The van der Waals surface area contributed by atoms with Crippen molar-refractivity contribution in [2.75, 3.05) is 32.7 Å². The number of hydrogen-bond acceptors (Lipinski definition) is 3. The molecular formula is C17H31N3O. The molecule has 0 radical (unpaired) electrons. The van der Waals surface area contributed by atoms with E-state index in [1.165, 1.54) is 51.5 Å². The lowest BCUT2D eigenvalue weighted by molar-refractivity contribution is -0.134. The Hall–Kier alpha value is -0.610. The molecule has 4 nitrogen and oxygen atoms in total. The van der Waals surface area contributed by atoms with E-state index < -0.39 is 0 Å². The standard InChI is InChI=1S/C17H31N3O/c18-16(12-14-4-2-1-3-5-14)17(21)20-10-8-19(9-11-20)13-15-6-7-15/h14-16H,1-13,18H2. The second kappa shape index (κ2) is 7.10. The van der Waals surface area contributed by atoms with Crippen LogP contribution in [0, 0.1) is 11.8 Å². The van der Waals surface area contributed by atoms with Crippen LogP contribution in [0.4, 0.5) is 0 Å². The predicted octanol–water partition coefficient (Wildman–Crippen LogP) is 1.84. The number of carbonyl (C=O) groups is 1. The first kappa shape index (κ1) is 15.3. The van der Waals surface area contributed by atoms with Crippen LogP contribution in [-0.2, 0) is 4.79 Å². The lowest BCUT2D eigenvalue weighted by atomic mass is 9.84. The van der Waals surface area contributed by atoms with Crippen molar-refractivity contribution in [3.63, 3.8) is 0 Å². The Morgan fingerprint density at radius 3 is 2.24 bits per heavy atom. The van der Waals surface area contributed by atoms with Crippen LogP contribution >= 0.6 is 0 Å². The van der Waals surface area contributed by atoms with Gasteiger partial charge in [-0.1, -0.05) is 32.1 Å². The van der Waals surface area contributed by atoms with Gasteiger partial charge in [-0.05, 0) is 31.1 Å². The third kappa shape index (κ3) is 4.43. The zero-order valence-electron chi connectivity index (χ0n) is 13.3. The molecular weight excluding hydrogens is 262 g/mol. The molecule has 0 bridgehead atoms. The average Bonchev–Trinajstić information content (AvgIpc) is 3.32. The molecule has 1 heterocycles. The zero-order valence-corrected chi connectivity index (χ0v) is 13.3.